The Morgan fingerprint density at radius 1 is 0.975 bits per heavy atom. The van der Waals surface area contributed by atoms with Crippen molar-refractivity contribution in [1.82, 2.24) is 14.8 Å². The maximum atomic E-state index is 13.5. The number of halogens is 1. The van der Waals surface area contributed by atoms with Crippen molar-refractivity contribution >= 4 is 57.7 Å². The van der Waals surface area contributed by atoms with E-state index < -0.39 is 5.91 Å². The second kappa shape index (κ2) is 11.7. The lowest BCUT2D eigenvalue weighted by Gasteiger charge is -2.28. The van der Waals surface area contributed by atoms with Crippen LogP contribution >= 0.6 is 11.6 Å². The molecule has 0 radical (unpaired) electrons. The molecule has 2 aromatic heterocycles. The van der Waals surface area contributed by atoms with Crippen LogP contribution in [0.25, 0.3) is 11.0 Å². The maximum absolute atomic E-state index is 13.5. The molecule has 3 heterocycles. The molecule has 2 fully saturated rings. The summed E-state index contributed by atoms with van der Waals surface area (Å²) in [4.78, 5) is 60.3. The largest absolute Gasteiger partial charge is 0.449 e. The SMILES string of the molecule is CN(C)C(=O)C1CCC(C(=O)Nc2c(C(=O)Nc3ccc(Cl)cn3)oc3cccc(C(=O)N4CCCC4)c23)CC1. The zero-order valence-electron chi connectivity index (χ0n) is 22.5. The first-order chi connectivity index (χ1) is 19.2. The summed E-state index contributed by atoms with van der Waals surface area (Å²) in [5, 5.41) is 6.42. The number of hydrogen-bond acceptors (Lipinski definition) is 6. The van der Waals surface area contributed by atoms with Gasteiger partial charge in [0.05, 0.1) is 16.0 Å². The molecule has 210 valence electrons. The van der Waals surface area contributed by atoms with Crippen molar-refractivity contribution in [2.75, 3.05) is 37.8 Å². The van der Waals surface area contributed by atoms with Crippen molar-refractivity contribution in [3.63, 3.8) is 0 Å². The highest BCUT2D eigenvalue weighted by Gasteiger charge is 2.33. The lowest BCUT2D eigenvalue weighted by Crippen LogP contribution is -2.35. The molecule has 1 saturated carbocycles. The Kier molecular flexibility index (Phi) is 8.07. The van der Waals surface area contributed by atoms with E-state index in [1.165, 1.54) is 6.20 Å². The Morgan fingerprint density at radius 2 is 1.68 bits per heavy atom. The summed E-state index contributed by atoms with van der Waals surface area (Å²) in [5.41, 5.74) is 0.832. The van der Waals surface area contributed by atoms with E-state index >= 15 is 0 Å². The minimum absolute atomic E-state index is 0.0690. The van der Waals surface area contributed by atoms with Crippen LogP contribution in [0.1, 0.15) is 59.4 Å². The van der Waals surface area contributed by atoms with Gasteiger partial charge in [-0.25, -0.2) is 4.98 Å². The van der Waals surface area contributed by atoms with Crippen molar-refractivity contribution in [1.29, 1.82) is 0 Å². The van der Waals surface area contributed by atoms with Crippen LogP contribution in [-0.4, -0.2) is 65.6 Å². The molecule has 3 aromatic rings. The number of rotatable bonds is 6. The van der Waals surface area contributed by atoms with Crippen LogP contribution < -0.4 is 10.6 Å². The van der Waals surface area contributed by atoms with E-state index in [1.54, 1.807) is 54.2 Å². The molecule has 1 aliphatic carbocycles. The average molecular weight is 566 g/mol. The van der Waals surface area contributed by atoms with Crippen molar-refractivity contribution in [2.24, 2.45) is 11.8 Å². The summed E-state index contributed by atoms with van der Waals surface area (Å²) in [6.07, 6.45) is 5.56. The summed E-state index contributed by atoms with van der Waals surface area (Å²) in [6.45, 7) is 1.30. The summed E-state index contributed by atoms with van der Waals surface area (Å²) >= 11 is 5.92. The molecular weight excluding hydrogens is 534 g/mol. The van der Waals surface area contributed by atoms with E-state index in [2.05, 4.69) is 15.6 Å². The number of anilines is 2. The number of amides is 4. The minimum atomic E-state index is -0.624. The fourth-order valence-corrected chi connectivity index (χ4v) is 5.62. The van der Waals surface area contributed by atoms with E-state index in [4.69, 9.17) is 16.0 Å². The molecule has 4 amide bonds. The molecule has 5 rings (SSSR count). The zero-order chi connectivity index (χ0) is 28.4. The van der Waals surface area contributed by atoms with Gasteiger partial charge in [-0.2, -0.15) is 0 Å². The van der Waals surface area contributed by atoms with Crippen LogP contribution in [0, 0.1) is 11.8 Å². The molecular formula is C29H32ClN5O5. The summed E-state index contributed by atoms with van der Waals surface area (Å²) in [5.74, 6) is -1.32. The van der Waals surface area contributed by atoms with Crippen molar-refractivity contribution in [2.45, 2.75) is 38.5 Å². The molecule has 0 unspecified atom stereocenters. The maximum Gasteiger partial charge on any atom is 0.294 e. The number of carbonyl (C=O) groups excluding carboxylic acids is 4. The Bertz CT molecular complexity index is 1440. The first-order valence-corrected chi connectivity index (χ1v) is 13.9. The fraction of sp³-hybridized carbons (Fsp3) is 0.414. The number of furan rings is 1. The molecule has 2 N–H and O–H groups in total. The molecule has 10 nitrogen and oxygen atoms in total. The third kappa shape index (κ3) is 5.67. The Balaban J connectivity index is 1.47. The van der Waals surface area contributed by atoms with Gasteiger partial charge in [0.15, 0.2) is 0 Å². The number of likely N-dealkylation sites (tertiary alicyclic amines) is 1. The van der Waals surface area contributed by atoms with E-state index in [9.17, 15) is 19.2 Å². The molecule has 0 atom stereocenters. The number of aromatic nitrogens is 1. The van der Waals surface area contributed by atoms with E-state index in [1.807, 2.05) is 0 Å². The molecule has 11 heteroatoms. The van der Waals surface area contributed by atoms with Crippen LogP contribution in [0.5, 0.6) is 0 Å². The number of carbonyl (C=O) groups is 4. The molecule has 1 aromatic carbocycles. The molecule has 0 spiro atoms. The topological polar surface area (TPSA) is 125 Å². The van der Waals surface area contributed by atoms with E-state index in [0.29, 0.717) is 60.3 Å². The molecule has 0 bridgehead atoms. The Morgan fingerprint density at radius 3 is 2.33 bits per heavy atom. The van der Waals surface area contributed by atoms with Crippen LogP contribution in [-0.2, 0) is 9.59 Å². The highest BCUT2D eigenvalue weighted by molar-refractivity contribution is 6.30. The van der Waals surface area contributed by atoms with Gasteiger partial charge in [-0.15, -0.1) is 0 Å². The van der Waals surface area contributed by atoms with E-state index in [-0.39, 0.29) is 46.8 Å². The zero-order valence-corrected chi connectivity index (χ0v) is 23.3. The number of fused-ring (bicyclic) bond motifs is 1. The number of benzene rings is 1. The second-order valence-corrected chi connectivity index (χ2v) is 11.0. The quantitative estimate of drug-likeness (QED) is 0.442. The highest BCUT2D eigenvalue weighted by Crippen LogP contribution is 2.37. The number of nitrogens with zero attached hydrogens (tertiary/aromatic N) is 3. The standard InChI is InChI=1S/C29H32ClN5O5/c1-34(2)28(38)18-10-8-17(9-11-18)26(36)33-24-23-20(29(39)35-14-3-4-15-35)6-5-7-21(23)40-25(24)27(37)32-22-13-12-19(30)16-31-22/h5-7,12-13,16-18H,3-4,8-11,14-15H2,1-2H3,(H,33,36)(H,31,32,37). The lowest BCUT2D eigenvalue weighted by atomic mass is 9.81. The smallest absolute Gasteiger partial charge is 0.294 e. The van der Waals surface area contributed by atoms with Gasteiger partial charge in [-0.05, 0) is 62.8 Å². The van der Waals surface area contributed by atoms with Crippen LogP contribution in [0.4, 0.5) is 11.5 Å². The van der Waals surface area contributed by atoms with Crippen LogP contribution in [0.15, 0.2) is 40.9 Å². The van der Waals surface area contributed by atoms with Gasteiger partial charge in [-0.3, -0.25) is 19.2 Å². The number of pyridine rings is 1. The normalized spacial score (nSPS) is 18.9. The predicted octanol–water partition coefficient (Wildman–Crippen LogP) is 4.80. The number of hydrogen-bond donors (Lipinski definition) is 2. The van der Waals surface area contributed by atoms with Crippen molar-refractivity contribution < 1.29 is 23.6 Å². The predicted molar refractivity (Wildman–Crippen MR) is 151 cm³/mol. The molecule has 1 aliphatic heterocycles. The second-order valence-electron chi connectivity index (χ2n) is 10.6. The first kappa shape index (κ1) is 27.6. The molecule has 1 saturated heterocycles. The highest BCUT2D eigenvalue weighted by atomic mass is 35.5. The molecule has 40 heavy (non-hydrogen) atoms. The summed E-state index contributed by atoms with van der Waals surface area (Å²) in [7, 11) is 3.47. The summed E-state index contributed by atoms with van der Waals surface area (Å²) in [6, 6.07) is 8.20. The lowest BCUT2D eigenvalue weighted by molar-refractivity contribution is -0.135. The number of nitrogens with one attached hydrogen (secondary N) is 2. The van der Waals surface area contributed by atoms with E-state index in [0.717, 1.165) is 12.8 Å². The fourth-order valence-electron chi connectivity index (χ4n) is 5.51. The van der Waals surface area contributed by atoms with Crippen LogP contribution in [0.3, 0.4) is 0 Å². The van der Waals surface area contributed by atoms with Crippen LogP contribution in [0.2, 0.25) is 5.02 Å². The van der Waals surface area contributed by atoms with Gasteiger partial charge in [0.1, 0.15) is 17.1 Å². The van der Waals surface area contributed by atoms with Crippen molar-refractivity contribution in [3.8, 4) is 0 Å². The monoisotopic (exact) mass is 565 g/mol. The third-order valence-corrected chi connectivity index (χ3v) is 7.87. The Hall–Kier alpha value is -3.92. The van der Waals surface area contributed by atoms with Gasteiger partial charge in [0.2, 0.25) is 17.6 Å². The molecule has 2 aliphatic rings. The van der Waals surface area contributed by atoms with Gasteiger partial charge < -0.3 is 24.9 Å². The Labute approximate surface area is 237 Å². The first-order valence-electron chi connectivity index (χ1n) is 13.5. The van der Waals surface area contributed by atoms with Gasteiger partial charge in [-0.1, -0.05) is 17.7 Å². The third-order valence-electron chi connectivity index (χ3n) is 7.65. The van der Waals surface area contributed by atoms with Gasteiger partial charge in [0.25, 0.3) is 11.8 Å². The van der Waals surface area contributed by atoms with Gasteiger partial charge >= 0.3 is 0 Å². The summed E-state index contributed by atoms with van der Waals surface area (Å²) < 4.78 is 5.97. The van der Waals surface area contributed by atoms with Crippen molar-refractivity contribution in [3.05, 3.63) is 52.9 Å². The minimum Gasteiger partial charge on any atom is -0.449 e. The van der Waals surface area contributed by atoms with Gasteiger partial charge in [0, 0.05) is 45.2 Å². The average Bonchev–Trinajstić information content (AvgIpc) is 3.62.